The van der Waals surface area contributed by atoms with Gasteiger partial charge in [-0.15, -0.1) is 0 Å². The summed E-state index contributed by atoms with van der Waals surface area (Å²) in [4.78, 5) is 33.3. The lowest BCUT2D eigenvalue weighted by Gasteiger charge is -2.24. The Morgan fingerprint density at radius 1 is 1.17 bits per heavy atom. The summed E-state index contributed by atoms with van der Waals surface area (Å²) in [7, 11) is 0. The molecule has 29 heavy (non-hydrogen) atoms. The first kappa shape index (κ1) is 18.6. The van der Waals surface area contributed by atoms with Crippen molar-refractivity contribution in [3.05, 3.63) is 77.7 Å². The van der Waals surface area contributed by atoms with Gasteiger partial charge in [-0.25, -0.2) is 4.98 Å². The van der Waals surface area contributed by atoms with Crippen molar-refractivity contribution in [2.45, 2.75) is 25.8 Å². The van der Waals surface area contributed by atoms with Crippen molar-refractivity contribution < 1.29 is 14.3 Å². The van der Waals surface area contributed by atoms with Gasteiger partial charge in [0.1, 0.15) is 5.75 Å². The number of ether oxygens (including phenoxy) is 1. The van der Waals surface area contributed by atoms with E-state index in [1.54, 1.807) is 24.5 Å². The fourth-order valence-electron chi connectivity index (χ4n) is 3.23. The smallest absolute Gasteiger partial charge is 0.228 e. The molecule has 4 rings (SSSR count). The van der Waals surface area contributed by atoms with Crippen LogP contribution in [0, 0.1) is 6.92 Å². The normalized spacial score (nSPS) is 15.2. The average Bonchev–Trinajstić information content (AvgIpc) is 2.74. The number of benzene rings is 1. The van der Waals surface area contributed by atoms with Gasteiger partial charge in [-0.2, -0.15) is 0 Å². The third kappa shape index (κ3) is 4.24. The van der Waals surface area contributed by atoms with Crippen LogP contribution < -0.4 is 15.4 Å². The molecule has 0 bridgehead atoms. The van der Waals surface area contributed by atoms with Crippen LogP contribution in [-0.2, 0) is 16.1 Å². The first-order valence-electron chi connectivity index (χ1n) is 9.31. The highest BCUT2D eigenvalue weighted by atomic mass is 16.5. The van der Waals surface area contributed by atoms with E-state index in [4.69, 9.17) is 4.74 Å². The number of pyridine rings is 2. The fourth-order valence-corrected chi connectivity index (χ4v) is 3.23. The van der Waals surface area contributed by atoms with E-state index in [1.807, 2.05) is 43.3 Å². The summed E-state index contributed by atoms with van der Waals surface area (Å²) in [5.74, 6) is 0.0718. The number of amides is 2. The summed E-state index contributed by atoms with van der Waals surface area (Å²) in [6.07, 6.45) is 3.38. The molecule has 0 aliphatic carbocycles. The second-order valence-corrected chi connectivity index (χ2v) is 6.81. The molecular weight excluding hydrogens is 368 g/mol. The van der Waals surface area contributed by atoms with E-state index in [1.165, 1.54) is 0 Å². The van der Waals surface area contributed by atoms with Gasteiger partial charge >= 0.3 is 0 Å². The summed E-state index contributed by atoms with van der Waals surface area (Å²) in [6, 6.07) is 14.6. The van der Waals surface area contributed by atoms with Crippen LogP contribution in [0.1, 0.15) is 29.2 Å². The minimum absolute atomic E-state index is 0.119. The number of fused-ring (bicyclic) bond motifs is 1. The molecule has 2 N–H and O–H groups in total. The van der Waals surface area contributed by atoms with Crippen molar-refractivity contribution in [2.24, 2.45) is 0 Å². The molecule has 2 aromatic heterocycles. The van der Waals surface area contributed by atoms with Crippen LogP contribution in [0.25, 0.3) is 0 Å². The summed E-state index contributed by atoms with van der Waals surface area (Å²) in [6.45, 7) is 2.14. The van der Waals surface area contributed by atoms with Crippen LogP contribution in [-0.4, -0.2) is 21.8 Å². The average molecular weight is 388 g/mol. The maximum absolute atomic E-state index is 12.8. The predicted molar refractivity (Wildman–Crippen MR) is 108 cm³/mol. The molecule has 0 radical (unpaired) electrons. The van der Waals surface area contributed by atoms with Crippen LogP contribution in [0.2, 0.25) is 0 Å². The number of para-hydroxylation sites is 1. The number of aromatic nitrogens is 2. The van der Waals surface area contributed by atoms with Crippen LogP contribution in [0.3, 0.4) is 0 Å². The van der Waals surface area contributed by atoms with Crippen LogP contribution >= 0.6 is 0 Å². The Morgan fingerprint density at radius 3 is 2.86 bits per heavy atom. The Balaban J connectivity index is 1.48. The quantitative estimate of drug-likeness (QED) is 0.699. The van der Waals surface area contributed by atoms with Crippen molar-refractivity contribution in [1.29, 1.82) is 0 Å². The number of anilines is 1. The van der Waals surface area contributed by atoms with Gasteiger partial charge in [0.25, 0.3) is 0 Å². The zero-order valence-electron chi connectivity index (χ0n) is 15.9. The second kappa shape index (κ2) is 8.10. The molecule has 1 aliphatic rings. The second-order valence-electron chi connectivity index (χ2n) is 6.81. The maximum atomic E-state index is 12.8. The third-order valence-electron chi connectivity index (χ3n) is 4.72. The number of rotatable bonds is 5. The van der Waals surface area contributed by atoms with Crippen LogP contribution in [0.15, 0.2) is 60.9 Å². The van der Waals surface area contributed by atoms with Crippen LogP contribution in [0.5, 0.6) is 11.6 Å². The summed E-state index contributed by atoms with van der Waals surface area (Å²) >= 11 is 0. The molecule has 7 heteroatoms. The summed E-state index contributed by atoms with van der Waals surface area (Å²) in [5.41, 5.74) is 3.12. The highest BCUT2D eigenvalue weighted by Gasteiger charge is 2.30. The predicted octanol–water partition coefficient (Wildman–Crippen LogP) is 3.32. The molecule has 0 spiro atoms. The first-order valence-corrected chi connectivity index (χ1v) is 9.31. The van der Waals surface area contributed by atoms with E-state index in [9.17, 15) is 9.59 Å². The van der Waals surface area contributed by atoms with Crippen molar-refractivity contribution in [3.63, 3.8) is 0 Å². The topological polar surface area (TPSA) is 93.2 Å². The number of carbonyl (C=O) groups is 2. The van der Waals surface area contributed by atoms with Gasteiger partial charge in [-0.1, -0.05) is 24.3 Å². The largest absolute Gasteiger partial charge is 0.437 e. The monoisotopic (exact) mass is 388 g/mol. The standard InChI is InChI=1S/C22H20N4O3/c1-14-8-9-16(13-24-14)29-22-15(5-4-10-23-22)12-25-21(28)18-11-20(27)26-19-7-3-2-6-17(18)19/h2-10,13,18H,11-12H2,1H3,(H,25,28)(H,26,27). The molecule has 0 saturated carbocycles. The molecule has 1 atom stereocenters. The number of nitrogens with one attached hydrogen (secondary N) is 2. The maximum Gasteiger partial charge on any atom is 0.228 e. The molecular formula is C22H20N4O3. The van der Waals surface area contributed by atoms with Gasteiger partial charge in [0.15, 0.2) is 0 Å². The number of hydrogen-bond acceptors (Lipinski definition) is 5. The first-order chi connectivity index (χ1) is 14.1. The molecule has 146 valence electrons. The van der Waals surface area contributed by atoms with Crippen LogP contribution in [0.4, 0.5) is 5.69 Å². The van der Waals surface area contributed by atoms with Crippen molar-refractivity contribution in [2.75, 3.05) is 5.32 Å². The Labute approximate surface area is 168 Å². The van der Waals surface area contributed by atoms with E-state index in [-0.39, 0.29) is 24.8 Å². The van der Waals surface area contributed by atoms with E-state index >= 15 is 0 Å². The zero-order valence-corrected chi connectivity index (χ0v) is 15.9. The number of nitrogens with zero attached hydrogens (tertiary/aromatic N) is 2. The Morgan fingerprint density at radius 2 is 2.03 bits per heavy atom. The Bertz CT molecular complexity index is 1050. The van der Waals surface area contributed by atoms with E-state index in [2.05, 4.69) is 20.6 Å². The molecule has 7 nitrogen and oxygen atoms in total. The number of hydrogen-bond donors (Lipinski definition) is 2. The van der Waals surface area contributed by atoms with Crippen molar-refractivity contribution >= 4 is 17.5 Å². The van der Waals surface area contributed by atoms with E-state index < -0.39 is 5.92 Å². The van der Waals surface area contributed by atoms with E-state index in [0.29, 0.717) is 17.3 Å². The lowest BCUT2D eigenvalue weighted by Crippen LogP contribution is -2.34. The van der Waals surface area contributed by atoms with Gasteiger partial charge in [0, 0.05) is 36.1 Å². The molecule has 0 saturated heterocycles. The van der Waals surface area contributed by atoms with Gasteiger partial charge in [0.2, 0.25) is 17.7 Å². The van der Waals surface area contributed by atoms with Gasteiger partial charge in [-0.3, -0.25) is 14.6 Å². The Kier molecular flexibility index (Phi) is 5.20. The molecule has 1 aliphatic heterocycles. The fraction of sp³-hybridized carbons (Fsp3) is 0.182. The molecule has 0 fully saturated rings. The molecule has 3 aromatic rings. The minimum Gasteiger partial charge on any atom is -0.437 e. The van der Waals surface area contributed by atoms with Gasteiger partial charge < -0.3 is 15.4 Å². The third-order valence-corrected chi connectivity index (χ3v) is 4.72. The Hall–Kier alpha value is -3.74. The van der Waals surface area contributed by atoms with E-state index in [0.717, 1.165) is 16.8 Å². The summed E-state index contributed by atoms with van der Waals surface area (Å²) < 4.78 is 5.83. The minimum atomic E-state index is -0.526. The van der Waals surface area contributed by atoms with Crippen molar-refractivity contribution in [3.8, 4) is 11.6 Å². The van der Waals surface area contributed by atoms with Crippen molar-refractivity contribution in [1.82, 2.24) is 15.3 Å². The molecule has 2 amide bonds. The summed E-state index contributed by atoms with van der Waals surface area (Å²) in [5, 5.41) is 5.71. The molecule has 1 unspecified atom stereocenters. The highest BCUT2D eigenvalue weighted by Crippen LogP contribution is 2.32. The zero-order chi connectivity index (χ0) is 20.2. The SMILES string of the molecule is Cc1ccc(Oc2ncccc2CNC(=O)C2CC(=O)Nc3ccccc32)cn1. The van der Waals surface area contributed by atoms with Gasteiger partial charge in [-0.05, 0) is 36.8 Å². The lowest BCUT2D eigenvalue weighted by molar-refractivity contribution is -0.126. The highest BCUT2D eigenvalue weighted by molar-refractivity contribution is 6.01. The molecule has 1 aromatic carbocycles. The number of carbonyl (C=O) groups excluding carboxylic acids is 2. The lowest BCUT2D eigenvalue weighted by atomic mass is 9.90. The molecule has 3 heterocycles. The number of aryl methyl sites for hydroxylation is 1. The van der Waals surface area contributed by atoms with Gasteiger partial charge in [0.05, 0.1) is 12.1 Å².